The monoisotopic (exact) mass is 507 g/mol. The van der Waals surface area contributed by atoms with Gasteiger partial charge in [0.1, 0.15) is 16.7 Å². The van der Waals surface area contributed by atoms with Crippen molar-refractivity contribution in [3.05, 3.63) is 111 Å². The van der Waals surface area contributed by atoms with Crippen LogP contribution in [0.1, 0.15) is 11.1 Å². The Morgan fingerprint density at radius 1 is 0.971 bits per heavy atom. The summed E-state index contributed by atoms with van der Waals surface area (Å²) in [6, 6.07) is 25.4. The first-order valence-corrected chi connectivity index (χ1v) is 12.1. The summed E-state index contributed by atoms with van der Waals surface area (Å²) in [7, 11) is 0. The number of benzene rings is 3. The second-order valence-corrected chi connectivity index (χ2v) is 9.62. The van der Waals surface area contributed by atoms with Crippen LogP contribution in [0.15, 0.2) is 89.5 Å². The van der Waals surface area contributed by atoms with E-state index in [0.717, 1.165) is 11.1 Å². The van der Waals surface area contributed by atoms with Crippen LogP contribution in [0.5, 0.6) is 0 Å². The Balaban J connectivity index is 1.67. The number of nitriles is 1. The van der Waals surface area contributed by atoms with Crippen molar-refractivity contribution < 1.29 is 9.59 Å². The van der Waals surface area contributed by atoms with Gasteiger partial charge in [-0.1, -0.05) is 77.4 Å². The molecule has 1 aliphatic rings. The third kappa shape index (κ3) is 5.45. The van der Waals surface area contributed by atoms with Gasteiger partial charge in [0.2, 0.25) is 5.91 Å². The molecule has 4 rings (SSSR count). The largest absolute Gasteiger partial charge is 0.347 e. The highest BCUT2D eigenvalue weighted by molar-refractivity contribution is 8.05. The Bertz CT molecular complexity index is 1290. The predicted molar refractivity (Wildman–Crippen MR) is 136 cm³/mol. The van der Waals surface area contributed by atoms with Gasteiger partial charge in [-0.2, -0.15) is 5.26 Å². The molecule has 1 unspecified atom stereocenters. The summed E-state index contributed by atoms with van der Waals surface area (Å²) in [5.74, 6) is -0.755. The van der Waals surface area contributed by atoms with Gasteiger partial charge in [0.25, 0.3) is 5.91 Å². The molecular formula is C26H19Cl2N3O2S. The van der Waals surface area contributed by atoms with Crippen molar-refractivity contribution in [3.8, 4) is 6.07 Å². The van der Waals surface area contributed by atoms with Crippen LogP contribution in [0.25, 0.3) is 0 Å². The summed E-state index contributed by atoms with van der Waals surface area (Å²) in [5, 5.41) is 13.6. The Morgan fingerprint density at radius 2 is 1.68 bits per heavy atom. The van der Waals surface area contributed by atoms with Crippen molar-refractivity contribution in [2.24, 2.45) is 0 Å². The quantitative estimate of drug-likeness (QED) is 0.341. The molecule has 34 heavy (non-hydrogen) atoms. The Hall–Kier alpha value is -3.24. The van der Waals surface area contributed by atoms with E-state index in [1.54, 1.807) is 30.3 Å². The maximum atomic E-state index is 13.5. The van der Waals surface area contributed by atoms with E-state index in [1.165, 1.54) is 16.7 Å². The summed E-state index contributed by atoms with van der Waals surface area (Å²) in [6.07, 6.45) is 0.405. The molecule has 1 atom stereocenters. The zero-order chi connectivity index (χ0) is 24.1. The molecule has 3 aromatic carbocycles. The molecule has 1 saturated heterocycles. The minimum atomic E-state index is -0.538. The molecule has 3 aromatic rings. The van der Waals surface area contributed by atoms with Gasteiger partial charge >= 0.3 is 0 Å². The first-order valence-electron chi connectivity index (χ1n) is 10.4. The highest BCUT2D eigenvalue weighted by atomic mass is 35.5. The van der Waals surface area contributed by atoms with Crippen molar-refractivity contribution in [1.82, 2.24) is 5.32 Å². The molecule has 1 heterocycles. The number of amides is 2. The van der Waals surface area contributed by atoms with Crippen molar-refractivity contribution in [2.75, 3.05) is 4.90 Å². The molecule has 0 saturated carbocycles. The zero-order valence-corrected chi connectivity index (χ0v) is 20.2. The molecule has 8 heteroatoms. The van der Waals surface area contributed by atoms with E-state index >= 15 is 0 Å². The van der Waals surface area contributed by atoms with E-state index in [2.05, 4.69) is 5.32 Å². The number of nitrogens with one attached hydrogen (secondary N) is 1. The van der Waals surface area contributed by atoms with Crippen molar-refractivity contribution >= 4 is 52.5 Å². The van der Waals surface area contributed by atoms with Gasteiger partial charge in [-0.3, -0.25) is 14.5 Å². The third-order valence-electron chi connectivity index (χ3n) is 5.20. The number of hydrogen-bond donors (Lipinski definition) is 1. The van der Waals surface area contributed by atoms with Gasteiger partial charge in [0.15, 0.2) is 0 Å². The van der Waals surface area contributed by atoms with Crippen LogP contribution in [0.3, 0.4) is 0 Å². The van der Waals surface area contributed by atoms with Gasteiger partial charge in [-0.25, -0.2) is 0 Å². The summed E-state index contributed by atoms with van der Waals surface area (Å²) >= 11 is 13.4. The van der Waals surface area contributed by atoms with E-state index < -0.39 is 11.2 Å². The lowest BCUT2D eigenvalue weighted by Gasteiger charge is -2.19. The molecule has 5 nitrogen and oxygen atoms in total. The molecule has 0 aromatic heterocycles. The van der Waals surface area contributed by atoms with Gasteiger partial charge in [-0.05, 0) is 53.9 Å². The number of halogens is 2. The summed E-state index contributed by atoms with van der Waals surface area (Å²) in [5.41, 5.74) is 2.22. The van der Waals surface area contributed by atoms with Crippen LogP contribution in [0, 0.1) is 11.3 Å². The molecular weight excluding hydrogens is 489 g/mol. The summed E-state index contributed by atoms with van der Waals surface area (Å²) in [6.45, 7) is 0.267. The minimum absolute atomic E-state index is 0.113. The van der Waals surface area contributed by atoms with Crippen molar-refractivity contribution in [3.63, 3.8) is 0 Å². The number of hydrogen-bond acceptors (Lipinski definition) is 4. The number of carbonyl (C=O) groups is 2. The van der Waals surface area contributed by atoms with Gasteiger partial charge in [-0.15, -0.1) is 0 Å². The Labute approximate surface area is 212 Å². The molecule has 170 valence electrons. The van der Waals surface area contributed by atoms with Crippen molar-refractivity contribution in [1.29, 1.82) is 5.26 Å². The average molecular weight is 508 g/mol. The average Bonchev–Trinajstić information content (AvgIpc) is 3.15. The van der Waals surface area contributed by atoms with Crippen LogP contribution in [0.4, 0.5) is 5.69 Å². The second kappa shape index (κ2) is 10.8. The van der Waals surface area contributed by atoms with E-state index in [9.17, 15) is 14.9 Å². The fourth-order valence-corrected chi connectivity index (χ4v) is 5.20. The number of nitrogens with zero attached hydrogens (tertiary/aromatic N) is 2. The van der Waals surface area contributed by atoms with Gasteiger partial charge < -0.3 is 5.32 Å². The molecule has 0 radical (unpaired) electrons. The van der Waals surface area contributed by atoms with Crippen LogP contribution >= 0.6 is 35.0 Å². The summed E-state index contributed by atoms with van der Waals surface area (Å²) < 4.78 is 0. The smallest absolute Gasteiger partial charge is 0.264 e. The summed E-state index contributed by atoms with van der Waals surface area (Å²) in [4.78, 5) is 27.9. The molecule has 1 N–H and O–H groups in total. The van der Waals surface area contributed by atoms with Gasteiger partial charge in [0.05, 0.1) is 5.25 Å². The zero-order valence-electron chi connectivity index (χ0n) is 17.9. The molecule has 1 aliphatic heterocycles. The fraction of sp³-hybridized carbons (Fsp3) is 0.115. The van der Waals surface area contributed by atoms with E-state index in [1.807, 2.05) is 54.6 Å². The Morgan fingerprint density at radius 3 is 2.35 bits per heavy atom. The van der Waals surface area contributed by atoms with Crippen LogP contribution in [-0.4, -0.2) is 17.1 Å². The lowest BCUT2D eigenvalue weighted by Crippen LogP contribution is -2.32. The minimum Gasteiger partial charge on any atom is -0.347 e. The maximum absolute atomic E-state index is 13.5. The molecule has 1 fully saturated rings. The lowest BCUT2D eigenvalue weighted by atomic mass is 10.1. The van der Waals surface area contributed by atoms with Crippen LogP contribution < -0.4 is 10.2 Å². The molecule has 2 amide bonds. The second-order valence-electron chi connectivity index (χ2n) is 7.55. The highest BCUT2D eigenvalue weighted by Gasteiger charge is 2.40. The van der Waals surface area contributed by atoms with Crippen molar-refractivity contribution in [2.45, 2.75) is 18.2 Å². The van der Waals surface area contributed by atoms with Crippen LogP contribution in [0.2, 0.25) is 10.0 Å². The SMILES string of the molecule is N#CC(C(=O)NCc1ccccc1)=C1SC(Cc2cccc(Cl)c2)C(=O)N1c1ccc(Cl)cc1. The Kier molecular flexibility index (Phi) is 7.59. The standard InChI is InChI=1S/C26H19Cl2N3O2S/c27-19-9-11-21(12-10-19)31-25(33)23(14-18-7-4-8-20(28)13-18)34-26(31)22(15-29)24(32)30-16-17-5-2-1-3-6-17/h1-13,23H,14,16H2,(H,30,32). The predicted octanol–water partition coefficient (Wildman–Crippen LogP) is 5.74. The van der Waals surface area contributed by atoms with Gasteiger partial charge in [0, 0.05) is 22.3 Å². The number of rotatable bonds is 6. The molecule has 0 bridgehead atoms. The number of thioether (sulfide) groups is 1. The fourth-order valence-electron chi connectivity index (χ4n) is 3.56. The first-order chi connectivity index (χ1) is 16.5. The van der Waals surface area contributed by atoms with E-state index in [0.29, 0.717) is 27.2 Å². The first kappa shape index (κ1) is 23.9. The molecule has 0 aliphatic carbocycles. The van der Waals surface area contributed by atoms with Crippen LogP contribution in [-0.2, 0) is 22.6 Å². The lowest BCUT2D eigenvalue weighted by molar-refractivity contribution is -0.117. The van der Waals surface area contributed by atoms with E-state index in [-0.39, 0.29) is 18.0 Å². The number of carbonyl (C=O) groups excluding carboxylic acids is 2. The highest BCUT2D eigenvalue weighted by Crippen LogP contribution is 2.42. The molecule has 0 spiro atoms. The number of anilines is 1. The van der Waals surface area contributed by atoms with E-state index in [4.69, 9.17) is 23.2 Å². The third-order valence-corrected chi connectivity index (χ3v) is 6.95. The topological polar surface area (TPSA) is 73.2 Å². The normalized spacial score (nSPS) is 16.8. The maximum Gasteiger partial charge on any atom is 0.264 e.